The third-order valence-electron chi connectivity index (χ3n) is 5.73. The fraction of sp³-hybridized carbons (Fsp3) is 0.185. The van der Waals surface area contributed by atoms with E-state index in [0.717, 1.165) is 11.3 Å². The van der Waals surface area contributed by atoms with Crippen molar-refractivity contribution in [2.45, 2.75) is 19.9 Å². The second-order valence-corrected chi connectivity index (χ2v) is 10.3. The van der Waals surface area contributed by atoms with Crippen molar-refractivity contribution < 1.29 is 23.8 Å². The number of ether oxygens (including phenoxy) is 1. The second-order valence-electron chi connectivity index (χ2n) is 8.89. The van der Waals surface area contributed by atoms with Gasteiger partial charge < -0.3 is 9.84 Å². The summed E-state index contributed by atoms with van der Waals surface area (Å²) in [5, 5.41) is 11.4. The van der Waals surface area contributed by atoms with Gasteiger partial charge in [-0.15, -0.1) is 0 Å². The van der Waals surface area contributed by atoms with Crippen molar-refractivity contribution in [2.24, 2.45) is 5.92 Å². The Morgan fingerprint density at radius 2 is 2.00 bits per heavy atom. The van der Waals surface area contributed by atoms with Crippen molar-refractivity contribution in [1.82, 2.24) is 9.97 Å². The average molecular weight is 538 g/mol. The number of pyridine rings is 1. The lowest BCUT2D eigenvalue weighted by Gasteiger charge is -2.22. The quantitative estimate of drug-likeness (QED) is 0.180. The van der Waals surface area contributed by atoms with E-state index in [0.29, 0.717) is 39.7 Å². The lowest BCUT2D eigenvalue weighted by molar-refractivity contribution is -0.132. The van der Waals surface area contributed by atoms with Crippen LogP contribution < -0.4 is 9.64 Å². The van der Waals surface area contributed by atoms with Crippen LogP contribution in [0.15, 0.2) is 66.4 Å². The molecule has 1 atom stereocenters. The van der Waals surface area contributed by atoms with Crippen LogP contribution in [0.4, 0.5) is 9.52 Å². The molecule has 1 N–H and O–H groups in total. The number of benzene rings is 2. The van der Waals surface area contributed by atoms with Gasteiger partial charge in [0.2, 0.25) is 0 Å². The number of amides is 1. The molecular formula is C27H21ClFN3O4S. The first kappa shape index (κ1) is 24.9. The number of carbonyl (C=O) groups excluding carboxylic acids is 2. The Hall–Kier alpha value is -3.82. The standard InChI is InChI=1S/C27H21ClFN3O4S/c1-14(2)13-36-16-7-5-6-15(10-16)24(33)22-23(19-8-3-4-9-30-19)32(26(35)25(22)34)27-31-20-11-17(28)18(29)12-21(20)37-27/h3-12,14,23,33H,13H2,1-2H3/b24-22+. The summed E-state index contributed by atoms with van der Waals surface area (Å²) in [6.45, 7) is 4.51. The largest absolute Gasteiger partial charge is 0.507 e. The highest BCUT2D eigenvalue weighted by atomic mass is 35.5. The molecule has 1 unspecified atom stereocenters. The van der Waals surface area contributed by atoms with Crippen LogP contribution in [0.25, 0.3) is 16.0 Å². The minimum absolute atomic E-state index is 0.104. The Morgan fingerprint density at radius 3 is 2.73 bits per heavy atom. The predicted octanol–water partition coefficient (Wildman–Crippen LogP) is 6.14. The molecule has 1 amide bonds. The smallest absolute Gasteiger partial charge is 0.301 e. The molecule has 0 spiro atoms. The summed E-state index contributed by atoms with van der Waals surface area (Å²) in [7, 11) is 0. The van der Waals surface area contributed by atoms with E-state index in [9.17, 15) is 19.1 Å². The number of ketones is 1. The topological polar surface area (TPSA) is 92.6 Å². The minimum atomic E-state index is -1.05. The lowest BCUT2D eigenvalue weighted by Crippen LogP contribution is -2.29. The van der Waals surface area contributed by atoms with E-state index >= 15 is 0 Å². The monoisotopic (exact) mass is 537 g/mol. The minimum Gasteiger partial charge on any atom is -0.507 e. The molecule has 188 valence electrons. The summed E-state index contributed by atoms with van der Waals surface area (Å²) in [4.78, 5) is 36.7. The number of hydrogen-bond acceptors (Lipinski definition) is 7. The molecule has 3 heterocycles. The molecule has 0 bridgehead atoms. The van der Waals surface area contributed by atoms with E-state index in [4.69, 9.17) is 16.3 Å². The molecule has 5 rings (SSSR count). The summed E-state index contributed by atoms with van der Waals surface area (Å²) >= 11 is 6.95. The number of rotatable bonds is 6. The van der Waals surface area contributed by atoms with Gasteiger partial charge in [-0.25, -0.2) is 9.37 Å². The van der Waals surface area contributed by atoms with Gasteiger partial charge in [0.05, 0.1) is 33.1 Å². The van der Waals surface area contributed by atoms with Gasteiger partial charge in [0.15, 0.2) is 5.13 Å². The normalized spacial score (nSPS) is 17.2. The predicted molar refractivity (Wildman–Crippen MR) is 140 cm³/mol. The van der Waals surface area contributed by atoms with E-state index in [1.165, 1.54) is 23.2 Å². The van der Waals surface area contributed by atoms with Gasteiger partial charge in [-0.2, -0.15) is 0 Å². The number of aromatic nitrogens is 2. The Bertz CT molecular complexity index is 1520. The number of fused-ring (bicyclic) bond motifs is 1. The highest BCUT2D eigenvalue weighted by Gasteiger charge is 2.48. The van der Waals surface area contributed by atoms with Gasteiger partial charge >= 0.3 is 5.91 Å². The molecule has 0 aliphatic carbocycles. The summed E-state index contributed by atoms with van der Waals surface area (Å²) < 4.78 is 20.3. The van der Waals surface area contributed by atoms with Crippen LogP contribution in [-0.4, -0.2) is 33.4 Å². The van der Waals surface area contributed by atoms with E-state index in [1.54, 1.807) is 42.5 Å². The lowest BCUT2D eigenvalue weighted by atomic mass is 9.98. The average Bonchev–Trinajstić information content (AvgIpc) is 3.40. The highest BCUT2D eigenvalue weighted by molar-refractivity contribution is 7.22. The molecule has 0 radical (unpaired) electrons. The number of hydrogen-bond donors (Lipinski definition) is 1. The summed E-state index contributed by atoms with van der Waals surface area (Å²) in [5.41, 5.74) is 0.925. The van der Waals surface area contributed by atoms with Gasteiger partial charge in [-0.1, -0.05) is 55.0 Å². The number of carbonyl (C=O) groups is 2. The van der Waals surface area contributed by atoms with Crippen LogP contribution in [0.1, 0.15) is 31.1 Å². The molecule has 37 heavy (non-hydrogen) atoms. The second kappa shape index (κ2) is 9.91. The zero-order valence-electron chi connectivity index (χ0n) is 19.8. The molecule has 2 aromatic carbocycles. The maximum absolute atomic E-state index is 14.1. The van der Waals surface area contributed by atoms with E-state index in [-0.39, 0.29) is 21.5 Å². The van der Waals surface area contributed by atoms with Gasteiger partial charge in [-0.05, 0) is 42.3 Å². The highest BCUT2D eigenvalue weighted by Crippen LogP contribution is 2.44. The Balaban J connectivity index is 1.65. The summed E-state index contributed by atoms with van der Waals surface area (Å²) in [6.07, 6.45) is 1.53. The van der Waals surface area contributed by atoms with E-state index in [1.807, 2.05) is 13.8 Å². The molecular weight excluding hydrogens is 517 g/mol. The van der Waals surface area contributed by atoms with Crippen LogP contribution in [0.2, 0.25) is 5.02 Å². The SMILES string of the molecule is CC(C)COc1cccc(/C(O)=C2\C(=O)C(=O)N(c3nc4cc(Cl)c(F)cc4s3)C2c2ccccn2)c1. The van der Waals surface area contributed by atoms with Crippen molar-refractivity contribution >= 4 is 55.7 Å². The van der Waals surface area contributed by atoms with Gasteiger partial charge in [0.1, 0.15) is 23.4 Å². The number of nitrogens with zero attached hydrogens (tertiary/aromatic N) is 3. The first-order valence-electron chi connectivity index (χ1n) is 11.5. The number of halogens is 2. The zero-order valence-corrected chi connectivity index (χ0v) is 21.4. The first-order valence-corrected chi connectivity index (χ1v) is 12.6. The van der Waals surface area contributed by atoms with Crippen molar-refractivity contribution in [2.75, 3.05) is 11.5 Å². The third kappa shape index (κ3) is 4.68. The summed E-state index contributed by atoms with van der Waals surface area (Å²) in [5.74, 6) is -1.93. The van der Waals surface area contributed by atoms with Crippen LogP contribution in [-0.2, 0) is 9.59 Å². The molecule has 4 aromatic rings. The van der Waals surface area contributed by atoms with Crippen LogP contribution in [0.5, 0.6) is 5.75 Å². The Kier molecular flexibility index (Phi) is 6.66. The zero-order chi connectivity index (χ0) is 26.3. The van der Waals surface area contributed by atoms with Gasteiger partial charge in [0.25, 0.3) is 5.78 Å². The van der Waals surface area contributed by atoms with Crippen molar-refractivity contribution in [3.8, 4) is 5.75 Å². The van der Waals surface area contributed by atoms with Crippen LogP contribution >= 0.6 is 22.9 Å². The number of aliphatic hydroxyl groups excluding tert-OH is 1. The molecule has 1 aliphatic heterocycles. The molecule has 0 saturated carbocycles. The maximum Gasteiger partial charge on any atom is 0.301 e. The van der Waals surface area contributed by atoms with Crippen LogP contribution in [0.3, 0.4) is 0 Å². The number of thiazole rings is 1. The van der Waals surface area contributed by atoms with Gasteiger partial charge in [0, 0.05) is 11.8 Å². The maximum atomic E-state index is 14.1. The first-order chi connectivity index (χ1) is 17.7. The summed E-state index contributed by atoms with van der Waals surface area (Å²) in [6, 6.07) is 13.3. The third-order valence-corrected chi connectivity index (χ3v) is 7.04. The molecule has 7 nitrogen and oxygen atoms in total. The fourth-order valence-corrected chi connectivity index (χ4v) is 5.17. The van der Waals surface area contributed by atoms with E-state index in [2.05, 4.69) is 9.97 Å². The van der Waals surface area contributed by atoms with Crippen LogP contribution in [0, 0.1) is 11.7 Å². The van der Waals surface area contributed by atoms with E-state index < -0.39 is 23.5 Å². The number of Topliss-reactive ketones (excluding diaryl/α,β-unsaturated/α-hetero) is 1. The molecule has 2 aromatic heterocycles. The fourth-order valence-electron chi connectivity index (χ4n) is 4.01. The molecule has 1 fully saturated rings. The Morgan fingerprint density at radius 1 is 1.19 bits per heavy atom. The molecule has 1 aliphatic rings. The van der Waals surface area contributed by atoms with Crippen molar-refractivity contribution in [3.05, 3.63) is 88.5 Å². The number of anilines is 1. The Labute approximate surface area is 220 Å². The van der Waals surface area contributed by atoms with Gasteiger partial charge in [-0.3, -0.25) is 19.5 Å². The number of aliphatic hydroxyl groups is 1. The molecule has 10 heteroatoms. The molecule has 1 saturated heterocycles. The van der Waals surface area contributed by atoms with Crippen molar-refractivity contribution in [1.29, 1.82) is 0 Å². The van der Waals surface area contributed by atoms with Crippen molar-refractivity contribution in [3.63, 3.8) is 0 Å².